The van der Waals surface area contributed by atoms with Gasteiger partial charge in [0.25, 0.3) is 5.91 Å². The fourth-order valence-corrected chi connectivity index (χ4v) is 5.01. The van der Waals surface area contributed by atoms with E-state index in [4.69, 9.17) is 10.0 Å². The van der Waals surface area contributed by atoms with Gasteiger partial charge in [0.15, 0.2) is 0 Å². The summed E-state index contributed by atoms with van der Waals surface area (Å²) in [6, 6.07) is 4.84. The molecule has 148 valence electrons. The molecule has 0 spiro atoms. The third-order valence-corrected chi connectivity index (χ3v) is 6.33. The second-order valence-corrected chi connectivity index (χ2v) is 8.54. The Morgan fingerprint density at radius 2 is 2.29 bits per heavy atom. The van der Waals surface area contributed by atoms with Gasteiger partial charge in [-0.05, 0) is 38.0 Å². The number of fused-ring (bicyclic) bond motifs is 1. The SMILES string of the molecule is C[C@H](O)[C@H]1CCc2c(cn(C)c2C(=O)Nc2ccc(F)c(C#N)c2)S(=N)(=O)N1. The summed E-state index contributed by atoms with van der Waals surface area (Å²) in [6.07, 6.45) is 1.43. The third kappa shape index (κ3) is 3.64. The lowest BCUT2D eigenvalue weighted by Crippen LogP contribution is -2.40. The van der Waals surface area contributed by atoms with Gasteiger partial charge in [-0.1, -0.05) is 0 Å². The maximum atomic E-state index is 13.5. The molecule has 0 radical (unpaired) electrons. The van der Waals surface area contributed by atoms with Crippen molar-refractivity contribution < 1.29 is 18.5 Å². The molecule has 1 aliphatic rings. The zero-order chi connectivity index (χ0) is 20.6. The molecule has 1 unspecified atom stereocenters. The van der Waals surface area contributed by atoms with E-state index < -0.39 is 33.8 Å². The summed E-state index contributed by atoms with van der Waals surface area (Å²) in [6.45, 7) is 1.55. The largest absolute Gasteiger partial charge is 0.392 e. The number of aliphatic hydroxyl groups excluding tert-OH is 1. The van der Waals surface area contributed by atoms with Gasteiger partial charge in [0.05, 0.1) is 16.6 Å². The topological polar surface area (TPSA) is 131 Å². The molecule has 8 nitrogen and oxygen atoms in total. The highest BCUT2D eigenvalue weighted by molar-refractivity contribution is 7.90. The first kappa shape index (κ1) is 20.0. The minimum atomic E-state index is -3.40. The van der Waals surface area contributed by atoms with Crippen LogP contribution < -0.4 is 10.0 Å². The van der Waals surface area contributed by atoms with Crippen molar-refractivity contribution in [3.63, 3.8) is 0 Å². The van der Waals surface area contributed by atoms with Crippen LogP contribution in [0.1, 0.15) is 35.0 Å². The molecular formula is C18H20FN5O3S. The minimum Gasteiger partial charge on any atom is -0.392 e. The number of nitrogens with one attached hydrogen (secondary N) is 3. The number of anilines is 1. The molecule has 2 heterocycles. The fraction of sp³-hybridized carbons (Fsp3) is 0.333. The first-order chi connectivity index (χ1) is 13.1. The molecule has 1 aliphatic heterocycles. The van der Waals surface area contributed by atoms with E-state index in [0.29, 0.717) is 18.4 Å². The van der Waals surface area contributed by atoms with Crippen LogP contribution in [0.4, 0.5) is 10.1 Å². The molecule has 1 aromatic heterocycles. The Hall–Kier alpha value is -2.74. The fourth-order valence-electron chi connectivity index (χ4n) is 3.29. The lowest BCUT2D eigenvalue weighted by molar-refractivity contribution is 0.101. The Balaban J connectivity index is 1.98. The predicted molar refractivity (Wildman–Crippen MR) is 101 cm³/mol. The number of carbonyl (C=O) groups excluding carboxylic acids is 1. The smallest absolute Gasteiger partial charge is 0.272 e. The number of rotatable bonds is 3. The molecule has 0 saturated heterocycles. The van der Waals surface area contributed by atoms with Crippen LogP contribution in [0, 0.1) is 21.9 Å². The van der Waals surface area contributed by atoms with Crippen molar-refractivity contribution in [1.82, 2.24) is 9.29 Å². The van der Waals surface area contributed by atoms with Crippen molar-refractivity contribution in [2.24, 2.45) is 7.05 Å². The molecule has 1 amide bonds. The summed E-state index contributed by atoms with van der Waals surface area (Å²) in [4.78, 5) is 13.1. The number of halogens is 1. The number of aliphatic hydroxyl groups is 1. The summed E-state index contributed by atoms with van der Waals surface area (Å²) in [5, 5.41) is 21.4. The summed E-state index contributed by atoms with van der Waals surface area (Å²) in [5.74, 6) is -1.21. The first-order valence-corrected chi connectivity index (χ1v) is 10.1. The zero-order valence-electron chi connectivity index (χ0n) is 15.3. The predicted octanol–water partition coefficient (Wildman–Crippen LogP) is 1.89. The number of nitriles is 1. The van der Waals surface area contributed by atoms with Gasteiger partial charge in [0.1, 0.15) is 27.5 Å². The molecule has 0 aliphatic carbocycles. The van der Waals surface area contributed by atoms with Gasteiger partial charge in [0, 0.05) is 30.5 Å². The van der Waals surface area contributed by atoms with Crippen molar-refractivity contribution in [2.75, 3.05) is 5.32 Å². The second-order valence-electron chi connectivity index (χ2n) is 6.75. The zero-order valence-corrected chi connectivity index (χ0v) is 16.1. The first-order valence-electron chi connectivity index (χ1n) is 8.57. The Morgan fingerprint density at radius 1 is 1.57 bits per heavy atom. The normalized spacial score (nSPS) is 22.6. The number of aryl methyl sites for hydroxylation is 1. The van der Waals surface area contributed by atoms with Crippen LogP contribution in [0.25, 0.3) is 0 Å². The van der Waals surface area contributed by atoms with Crippen LogP contribution in [-0.2, 0) is 23.4 Å². The Bertz CT molecular complexity index is 1090. The van der Waals surface area contributed by atoms with Crippen LogP contribution >= 0.6 is 0 Å². The summed E-state index contributed by atoms with van der Waals surface area (Å²) >= 11 is 0. The Labute approximate surface area is 162 Å². The lowest BCUT2D eigenvalue weighted by Gasteiger charge is -2.19. The second kappa shape index (κ2) is 7.35. The molecule has 1 aromatic carbocycles. The number of aromatic nitrogens is 1. The molecule has 0 fully saturated rings. The van der Waals surface area contributed by atoms with E-state index in [0.717, 1.165) is 6.07 Å². The van der Waals surface area contributed by atoms with Crippen molar-refractivity contribution >= 4 is 21.5 Å². The average Bonchev–Trinajstić information content (AvgIpc) is 2.90. The number of carbonyl (C=O) groups is 1. The van der Waals surface area contributed by atoms with Crippen LogP contribution in [0.5, 0.6) is 0 Å². The van der Waals surface area contributed by atoms with E-state index in [1.807, 2.05) is 0 Å². The van der Waals surface area contributed by atoms with Gasteiger partial charge < -0.3 is 15.0 Å². The molecule has 10 heteroatoms. The van der Waals surface area contributed by atoms with Gasteiger partial charge in [0.2, 0.25) is 0 Å². The van der Waals surface area contributed by atoms with Crippen LogP contribution in [0.2, 0.25) is 0 Å². The highest BCUT2D eigenvalue weighted by atomic mass is 32.2. The van der Waals surface area contributed by atoms with Crippen LogP contribution in [0.15, 0.2) is 29.3 Å². The number of hydrogen-bond acceptors (Lipinski definition) is 5. The molecule has 3 rings (SSSR count). The molecule has 0 bridgehead atoms. The summed E-state index contributed by atoms with van der Waals surface area (Å²) in [5.41, 5.74) is 0.754. The number of benzene rings is 1. The summed E-state index contributed by atoms with van der Waals surface area (Å²) in [7, 11) is -1.79. The minimum absolute atomic E-state index is 0.193. The van der Waals surface area contributed by atoms with E-state index in [9.17, 15) is 18.5 Å². The monoisotopic (exact) mass is 405 g/mol. The Morgan fingerprint density at radius 3 is 2.93 bits per heavy atom. The maximum Gasteiger partial charge on any atom is 0.272 e. The van der Waals surface area contributed by atoms with Crippen LogP contribution in [0.3, 0.4) is 0 Å². The van der Waals surface area contributed by atoms with E-state index in [1.165, 1.54) is 22.9 Å². The van der Waals surface area contributed by atoms with Gasteiger partial charge in [-0.3, -0.25) is 4.79 Å². The standard InChI is InChI=1S/C18H20FN5O3S/c1-10(25)15-6-4-13-16(28(21,27)23-15)9-24(2)17(13)18(26)22-12-3-5-14(19)11(7-12)8-20/h3,5,7,9-10,15,25H,4,6H2,1-2H3,(H,22,26)(H2,21,23,27)/t10-,15+,28?/m0/s1. The van der Waals surface area contributed by atoms with Gasteiger partial charge in [-0.2, -0.15) is 5.26 Å². The molecule has 3 atom stereocenters. The highest BCUT2D eigenvalue weighted by Gasteiger charge is 2.32. The molecular weight excluding hydrogens is 385 g/mol. The average molecular weight is 405 g/mol. The quantitative estimate of drug-likeness (QED) is 0.621. The molecule has 4 N–H and O–H groups in total. The van der Waals surface area contributed by atoms with Crippen molar-refractivity contribution in [3.05, 3.63) is 47.0 Å². The van der Waals surface area contributed by atoms with Crippen molar-refractivity contribution in [2.45, 2.75) is 36.8 Å². The maximum absolute atomic E-state index is 13.5. The van der Waals surface area contributed by atoms with Gasteiger partial charge >= 0.3 is 0 Å². The van der Waals surface area contributed by atoms with Crippen molar-refractivity contribution in [1.29, 1.82) is 10.0 Å². The molecule has 28 heavy (non-hydrogen) atoms. The number of hydrogen-bond donors (Lipinski definition) is 4. The number of amides is 1. The van der Waals surface area contributed by atoms with Gasteiger partial charge in [-0.15, -0.1) is 0 Å². The van der Waals surface area contributed by atoms with E-state index in [-0.39, 0.29) is 21.8 Å². The lowest BCUT2D eigenvalue weighted by atomic mass is 10.0. The van der Waals surface area contributed by atoms with Gasteiger partial charge in [-0.25, -0.2) is 18.1 Å². The van der Waals surface area contributed by atoms with Crippen molar-refractivity contribution in [3.8, 4) is 6.07 Å². The third-order valence-electron chi connectivity index (χ3n) is 4.72. The Kier molecular flexibility index (Phi) is 5.25. The van der Waals surface area contributed by atoms with E-state index >= 15 is 0 Å². The molecule has 2 aromatic rings. The number of nitrogens with zero attached hydrogens (tertiary/aromatic N) is 2. The highest BCUT2D eigenvalue weighted by Crippen LogP contribution is 2.29. The molecule has 0 saturated carbocycles. The van der Waals surface area contributed by atoms with E-state index in [2.05, 4.69) is 10.0 Å². The van der Waals surface area contributed by atoms with E-state index in [1.54, 1.807) is 20.0 Å². The van der Waals surface area contributed by atoms with Crippen LogP contribution in [-0.4, -0.2) is 31.9 Å². The summed E-state index contributed by atoms with van der Waals surface area (Å²) < 4.78 is 38.7.